The van der Waals surface area contributed by atoms with Gasteiger partial charge in [0.05, 0.1) is 0 Å². The third-order valence-electron chi connectivity index (χ3n) is 2.94. The van der Waals surface area contributed by atoms with Crippen molar-refractivity contribution in [2.45, 2.75) is 30.2 Å². The molecular weight excluding hydrogens is 272 g/mol. The van der Waals surface area contributed by atoms with E-state index in [9.17, 15) is 18.0 Å². The lowest BCUT2D eigenvalue weighted by atomic mass is 10.2. The first kappa shape index (κ1) is 14.0. The van der Waals surface area contributed by atoms with Crippen LogP contribution in [-0.4, -0.2) is 37.5 Å². The molecule has 0 spiro atoms. The highest BCUT2D eigenvalue weighted by Gasteiger charge is 2.23. The second-order valence-corrected chi connectivity index (χ2v) is 6.14. The highest BCUT2D eigenvalue weighted by molar-refractivity contribution is 7.89. The Morgan fingerprint density at radius 1 is 1.26 bits per heavy atom. The topological polar surface area (TPSA) is 124 Å². The zero-order valence-corrected chi connectivity index (χ0v) is 11.0. The van der Waals surface area contributed by atoms with Gasteiger partial charge in [-0.15, -0.1) is 0 Å². The Balaban J connectivity index is 2.22. The Kier molecular flexibility index (Phi) is 4.17. The van der Waals surface area contributed by atoms with Crippen LogP contribution in [0.2, 0.25) is 0 Å². The molecule has 1 aliphatic heterocycles. The van der Waals surface area contributed by atoms with Gasteiger partial charge in [-0.25, -0.2) is 17.9 Å². The van der Waals surface area contributed by atoms with Crippen LogP contribution < -0.4 is 21.3 Å². The van der Waals surface area contributed by atoms with Gasteiger partial charge in [-0.3, -0.25) is 9.78 Å². The van der Waals surface area contributed by atoms with Gasteiger partial charge in [0.1, 0.15) is 0 Å². The summed E-state index contributed by atoms with van der Waals surface area (Å²) in [6, 6.07) is -0.251. The van der Waals surface area contributed by atoms with Crippen LogP contribution in [0.25, 0.3) is 0 Å². The second-order valence-electron chi connectivity index (χ2n) is 4.45. The van der Waals surface area contributed by atoms with Crippen LogP contribution in [-0.2, 0) is 10.0 Å². The first-order valence-electron chi connectivity index (χ1n) is 6.04. The Hall–Kier alpha value is -1.45. The SMILES string of the molecule is O=c1[nH]cc(S(=O)(=O)NC2CCCCNC2)c(=O)[nH]1. The van der Waals surface area contributed by atoms with Crippen LogP contribution in [0.5, 0.6) is 0 Å². The number of aromatic nitrogens is 2. The molecular formula is C10H16N4O4S. The van der Waals surface area contributed by atoms with Gasteiger partial charge in [-0.1, -0.05) is 6.42 Å². The highest BCUT2D eigenvalue weighted by Crippen LogP contribution is 2.07. The minimum absolute atomic E-state index is 0.251. The molecule has 1 unspecified atom stereocenters. The summed E-state index contributed by atoms with van der Waals surface area (Å²) in [5.74, 6) is 0. The van der Waals surface area contributed by atoms with Gasteiger partial charge < -0.3 is 10.3 Å². The number of rotatable bonds is 3. The summed E-state index contributed by atoms with van der Waals surface area (Å²) in [5, 5.41) is 3.12. The predicted molar refractivity (Wildman–Crippen MR) is 68.5 cm³/mol. The van der Waals surface area contributed by atoms with Crippen LogP contribution in [0.1, 0.15) is 19.3 Å². The van der Waals surface area contributed by atoms with E-state index in [1.54, 1.807) is 0 Å². The molecule has 0 bridgehead atoms. The summed E-state index contributed by atoms with van der Waals surface area (Å²) in [5.41, 5.74) is -1.65. The van der Waals surface area contributed by atoms with Crippen molar-refractivity contribution >= 4 is 10.0 Å². The average Bonchev–Trinajstić information content (AvgIpc) is 2.56. The lowest BCUT2D eigenvalue weighted by molar-refractivity contribution is 0.520. The second kappa shape index (κ2) is 5.68. The van der Waals surface area contributed by atoms with Crippen molar-refractivity contribution in [3.63, 3.8) is 0 Å². The molecule has 19 heavy (non-hydrogen) atoms. The van der Waals surface area contributed by atoms with E-state index in [-0.39, 0.29) is 6.04 Å². The van der Waals surface area contributed by atoms with E-state index in [2.05, 4.69) is 15.0 Å². The number of aromatic amines is 2. The van der Waals surface area contributed by atoms with E-state index in [1.165, 1.54) is 0 Å². The van der Waals surface area contributed by atoms with E-state index in [4.69, 9.17) is 0 Å². The maximum absolute atomic E-state index is 12.1. The maximum Gasteiger partial charge on any atom is 0.325 e. The van der Waals surface area contributed by atoms with E-state index in [1.807, 2.05) is 4.98 Å². The zero-order valence-electron chi connectivity index (χ0n) is 10.2. The predicted octanol–water partition coefficient (Wildman–Crippen LogP) is -1.52. The molecule has 8 nitrogen and oxygen atoms in total. The Bertz CT molecular complexity index is 640. The quantitative estimate of drug-likeness (QED) is 0.538. The first-order valence-corrected chi connectivity index (χ1v) is 7.52. The average molecular weight is 288 g/mol. The molecule has 1 atom stereocenters. The molecule has 2 heterocycles. The molecule has 1 fully saturated rings. The molecule has 0 aliphatic carbocycles. The molecule has 9 heteroatoms. The minimum atomic E-state index is -3.93. The van der Waals surface area contributed by atoms with E-state index in [0.717, 1.165) is 25.6 Å². The lowest BCUT2D eigenvalue weighted by Crippen LogP contribution is -2.43. The van der Waals surface area contributed by atoms with Crippen LogP contribution in [0.3, 0.4) is 0 Å². The van der Waals surface area contributed by atoms with Crippen molar-refractivity contribution in [1.82, 2.24) is 20.0 Å². The number of hydrogen-bond acceptors (Lipinski definition) is 5. The fraction of sp³-hybridized carbons (Fsp3) is 0.600. The molecule has 0 aromatic carbocycles. The molecule has 1 aromatic rings. The minimum Gasteiger partial charge on any atom is -0.315 e. The fourth-order valence-electron chi connectivity index (χ4n) is 2.00. The highest BCUT2D eigenvalue weighted by atomic mass is 32.2. The number of sulfonamides is 1. The van der Waals surface area contributed by atoms with Gasteiger partial charge in [-0.05, 0) is 19.4 Å². The molecule has 106 valence electrons. The Morgan fingerprint density at radius 3 is 2.79 bits per heavy atom. The van der Waals surface area contributed by atoms with Crippen LogP contribution in [0, 0.1) is 0 Å². The molecule has 0 saturated carbocycles. The first-order chi connectivity index (χ1) is 8.99. The summed E-state index contributed by atoms with van der Waals surface area (Å²) in [4.78, 5) is 25.9. The van der Waals surface area contributed by atoms with Crippen molar-refractivity contribution in [1.29, 1.82) is 0 Å². The van der Waals surface area contributed by atoms with Crippen molar-refractivity contribution in [2.75, 3.05) is 13.1 Å². The number of nitrogens with one attached hydrogen (secondary N) is 4. The number of hydrogen-bond donors (Lipinski definition) is 4. The third kappa shape index (κ3) is 3.52. The van der Waals surface area contributed by atoms with Crippen molar-refractivity contribution in [3.8, 4) is 0 Å². The Labute approximate surface area is 109 Å². The van der Waals surface area contributed by atoms with Crippen LogP contribution in [0.15, 0.2) is 20.7 Å². The molecule has 1 aliphatic rings. The largest absolute Gasteiger partial charge is 0.325 e. The van der Waals surface area contributed by atoms with Crippen molar-refractivity contribution in [3.05, 3.63) is 27.0 Å². The summed E-state index contributed by atoms with van der Waals surface area (Å²) >= 11 is 0. The Morgan fingerprint density at radius 2 is 2.05 bits per heavy atom. The summed E-state index contributed by atoms with van der Waals surface area (Å²) < 4.78 is 26.6. The standard InChI is InChI=1S/C10H16N4O4S/c15-9-8(6-12-10(16)13-9)19(17,18)14-7-3-1-2-4-11-5-7/h6-7,11,14H,1-5H2,(H2,12,13,15,16). The van der Waals surface area contributed by atoms with Gasteiger partial charge in [0.25, 0.3) is 5.56 Å². The molecule has 0 amide bonds. The lowest BCUT2D eigenvalue weighted by Gasteiger charge is -2.15. The maximum atomic E-state index is 12.1. The van der Waals surface area contributed by atoms with Gasteiger partial charge in [0.2, 0.25) is 10.0 Å². The molecule has 2 rings (SSSR count). The van der Waals surface area contributed by atoms with E-state index in [0.29, 0.717) is 13.0 Å². The monoisotopic (exact) mass is 288 g/mol. The number of H-pyrrole nitrogens is 2. The van der Waals surface area contributed by atoms with E-state index < -0.39 is 26.2 Å². The molecule has 1 saturated heterocycles. The zero-order chi connectivity index (χ0) is 13.9. The van der Waals surface area contributed by atoms with E-state index >= 15 is 0 Å². The smallest absolute Gasteiger partial charge is 0.315 e. The summed E-state index contributed by atoms with van der Waals surface area (Å²) in [6.07, 6.45) is 3.54. The van der Waals surface area contributed by atoms with Crippen LogP contribution in [0.4, 0.5) is 0 Å². The van der Waals surface area contributed by atoms with Gasteiger partial charge >= 0.3 is 5.69 Å². The normalized spacial score (nSPS) is 20.9. The third-order valence-corrected chi connectivity index (χ3v) is 4.47. The summed E-state index contributed by atoms with van der Waals surface area (Å²) in [7, 11) is -3.93. The van der Waals surface area contributed by atoms with Gasteiger partial charge in [0, 0.05) is 18.8 Å². The van der Waals surface area contributed by atoms with Gasteiger partial charge in [0.15, 0.2) is 4.90 Å². The van der Waals surface area contributed by atoms with Crippen molar-refractivity contribution < 1.29 is 8.42 Å². The molecule has 0 radical (unpaired) electrons. The summed E-state index contributed by atoms with van der Waals surface area (Å²) in [6.45, 7) is 1.39. The van der Waals surface area contributed by atoms with Crippen molar-refractivity contribution in [2.24, 2.45) is 0 Å². The van der Waals surface area contributed by atoms with Crippen LogP contribution >= 0.6 is 0 Å². The van der Waals surface area contributed by atoms with Gasteiger partial charge in [-0.2, -0.15) is 0 Å². The molecule has 1 aromatic heterocycles. The fourth-order valence-corrected chi connectivity index (χ4v) is 3.28. The molecule has 4 N–H and O–H groups in total.